The maximum absolute atomic E-state index is 13.6. The van der Waals surface area contributed by atoms with Gasteiger partial charge in [0.25, 0.3) is 0 Å². The molecule has 3 aromatic carbocycles. The summed E-state index contributed by atoms with van der Waals surface area (Å²) >= 11 is 3.59. The summed E-state index contributed by atoms with van der Waals surface area (Å²) in [5.74, 6) is 0.140. The number of carbonyl (C=O) groups is 1. The summed E-state index contributed by atoms with van der Waals surface area (Å²) < 4.78 is 4.99. The number of hydrogen-bond donors (Lipinski definition) is 0. The first-order chi connectivity index (χ1) is 18.3. The van der Waals surface area contributed by atoms with Crippen LogP contribution in [0.25, 0.3) is 68.5 Å². The summed E-state index contributed by atoms with van der Waals surface area (Å²) in [5.41, 5.74) is 7.28. The fourth-order valence-electron chi connectivity index (χ4n) is 6.18. The molecule has 0 fully saturated rings. The average Bonchev–Trinajstić information content (AvgIpc) is 3.68. The Morgan fingerprint density at radius 3 is 2.35 bits per heavy atom. The van der Waals surface area contributed by atoms with Crippen molar-refractivity contribution in [1.82, 2.24) is 4.57 Å². The topological polar surface area (TPSA) is 22.0 Å². The molecule has 2 nitrogen and oxygen atoms in total. The second-order valence-corrected chi connectivity index (χ2v) is 11.7. The lowest BCUT2D eigenvalue weighted by Crippen LogP contribution is -1.96. The quantitative estimate of drug-likeness (QED) is 0.217. The Kier molecular flexibility index (Phi) is 3.73. The van der Waals surface area contributed by atoms with Crippen LogP contribution in [0.3, 0.4) is 0 Å². The lowest BCUT2D eigenvalue weighted by Gasteiger charge is -2.05. The molecule has 0 N–H and O–H groups in total. The zero-order valence-electron chi connectivity index (χ0n) is 19.5. The van der Waals surface area contributed by atoms with E-state index in [1.54, 1.807) is 11.3 Å². The first-order valence-corrected chi connectivity index (χ1v) is 14.0. The van der Waals surface area contributed by atoms with E-state index in [2.05, 4.69) is 89.5 Å². The van der Waals surface area contributed by atoms with Gasteiger partial charge in [-0.15, -0.1) is 22.7 Å². The lowest BCUT2D eigenvalue weighted by atomic mass is 10.1. The third-order valence-electron chi connectivity index (χ3n) is 7.75. The van der Waals surface area contributed by atoms with Gasteiger partial charge < -0.3 is 4.57 Å². The van der Waals surface area contributed by atoms with Crippen LogP contribution in [-0.2, 0) is 0 Å². The SMILES string of the molecule is O=C1c2cc(-n3c4ccccc4c4c5sc6ccccc6c5ccc43)sc2-c2cc3cccccc-3c21. The molecular weight excluding hydrogens is 491 g/mol. The van der Waals surface area contributed by atoms with E-state index in [9.17, 15) is 4.79 Å². The number of carbonyl (C=O) groups excluding carboxylic acids is 1. The maximum Gasteiger partial charge on any atom is 0.195 e. The molecule has 0 spiro atoms. The van der Waals surface area contributed by atoms with Gasteiger partial charge in [0.2, 0.25) is 0 Å². The molecule has 37 heavy (non-hydrogen) atoms. The molecule has 4 heteroatoms. The minimum Gasteiger partial charge on any atom is -0.301 e. The predicted molar refractivity (Wildman–Crippen MR) is 157 cm³/mol. The van der Waals surface area contributed by atoms with Crippen molar-refractivity contribution >= 4 is 70.4 Å². The molecule has 0 unspecified atom stereocenters. The fourth-order valence-corrected chi connectivity index (χ4v) is 8.64. The highest BCUT2D eigenvalue weighted by molar-refractivity contribution is 7.26. The van der Waals surface area contributed by atoms with Crippen molar-refractivity contribution < 1.29 is 4.79 Å². The van der Waals surface area contributed by atoms with Gasteiger partial charge in [-0.1, -0.05) is 72.8 Å². The summed E-state index contributed by atoms with van der Waals surface area (Å²) in [6.45, 7) is 0. The minimum atomic E-state index is 0.140. The molecule has 3 aromatic heterocycles. The van der Waals surface area contributed by atoms with Gasteiger partial charge in [-0.3, -0.25) is 4.79 Å². The second kappa shape index (κ2) is 6.94. The number of aromatic nitrogens is 1. The molecule has 6 aromatic rings. The molecule has 3 aliphatic rings. The number of para-hydroxylation sites is 1. The van der Waals surface area contributed by atoms with Crippen LogP contribution in [0.15, 0.2) is 103 Å². The number of rotatable bonds is 1. The van der Waals surface area contributed by atoms with Gasteiger partial charge in [-0.2, -0.15) is 0 Å². The molecule has 0 aliphatic heterocycles. The number of ketones is 1. The monoisotopic (exact) mass is 507 g/mol. The highest BCUT2D eigenvalue weighted by Crippen LogP contribution is 2.51. The van der Waals surface area contributed by atoms with Crippen molar-refractivity contribution in [3.63, 3.8) is 0 Å². The summed E-state index contributed by atoms with van der Waals surface area (Å²) in [7, 11) is 0. The Hall–Kier alpha value is -4.25. The summed E-state index contributed by atoms with van der Waals surface area (Å²) in [5, 5.41) is 6.25. The van der Waals surface area contributed by atoms with Crippen LogP contribution in [0.4, 0.5) is 0 Å². The molecule has 0 atom stereocenters. The van der Waals surface area contributed by atoms with Crippen LogP contribution in [-0.4, -0.2) is 10.4 Å². The molecule has 0 amide bonds. The number of hydrogen-bond acceptors (Lipinski definition) is 3. The Balaban J connectivity index is 1.36. The Bertz CT molecular complexity index is 2220. The van der Waals surface area contributed by atoms with Crippen LogP contribution in [0.2, 0.25) is 0 Å². The van der Waals surface area contributed by atoms with Gasteiger partial charge in [0.1, 0.15) is 5.00 Å². The van der Waals surface area contributed by atoms with Crippen LogP contribution < -0.4 is 0 Å². The standard InChI is InChI=1S/C33H17NOS2/c35-31-24-17-28(37-32(24)23-16-18-8-2-1-3-9-19(18)29(23)31)34-25-12-6-4-11-22(25)30-26(34)15-14-21-20-10-5-7-13-27(20)36-33(21)30/h1-17H. The summed E-state index contributed by atoms with van der Waals surface area (Å²) in [6, 6.07) is 36.3. The van der Waals surface area contributed by atoms with Crippen molar-refractivity contribution in [3.8, 4) is 26.6 Å². The van der Waals surface area contributed by atoms with Crippen LogP contribution in [0.1, 0.15) is 15.9 Å². The Morgan fingerprint density at radius 2 is 1.41 bits per heavy atom. The highest BCUT2D eigenvalue weighted by atomic mass is 32.1. The zero-order valence-corrected chi connectivity index (χ0v) is 21.1. The number of nitrogens with zero attached hydrogens (tertiary/aromatic N) is 1. The number of benzene rings is 3. The van der Waals surface area contributed by atoms with Crippen molar-refractivity contribution in [2.75, 3.05) is 0 Å². The lowest BCUT2D eigenvalue weighted by molar-refractivity contribution is 0.104. The van der Waals surface area contributed by atoms with Crippen molar-refractivity contribution in [2.45, 2.75) is 0 Å². The summed E-state index contributed by atoms with van der Waals surface area (Å²) in [6.07, 6.45) is 0. The molecule has 0 saturated carbocycles. The average molecular weight is 508 g/mol. The Morgan fingerprint density at radius 1 is 0.595 bits per heavy atom. The number of fused-ring (bicyclic) bond motifs is 12. The van der Waals surface area contributed by atoms with Gasteiger partial charge in [0.15, 0.2) is 5.78 Å². The third-order valence-corrected chi connectivity index (χ3v) is 10.1. The fraction of sp³-hybridized carbons (Fsp3) is 0. The molecule has 3 heterocycles. The summed E-state index contributed by atoms with van der Waals surface area (Å²) in [4.78, 5) is 14.7. The van der Waals surface area contributed by atoms with E-state index in [1.165, 1.54) is 42.0 Å². The smallest absolute Gasteiger partial charge is 0.195 e. The first kappa shape index (κ1) is 19.9. The van der Waals surface area contributed by atoms with E-state index in [0.29, 0.717) is 0 Å². The third kappa shape index (κ3) is 2.47. The van der Waals surface area contributed by atoms with Crippen molar-refractivity contribution in [1.29, 1.82) is 0 Å². The van der Waals surface area contributed by atoms with E-state index in [0.717, 1.165) is 37.7 Å². The van der Waals surface area contributed by atoms with E-state index in [4.69, 9.17) is 0 Å². The predicted octanol–water partition coefficient (Wildman–Crippen LogP) is 9.53. The Labute approximate surface area is 220 Å². The molecule has 0 bridgehead atoms. The molecular formula is C33H17NOS2. The van der Waals surface area contributed by atoms with Crippen LogP contribution in [0.5, 0.6) is 0 Å². The van der Waals surface area contributed by atoms with Crippen molar-refractivity contribution in [2.24, 2.45) is 0 Å². The van der Waals surface area contributed by atoms with Crippen LogP contribution >= 0.6 is 22.7 Å². The zero-order chi connectivity index (χ0) is 24.2. The second-order valence-electron chi connectivity index (χ2n) is 9.66. The van der Waals surface area contributed by atoms with E-state index in [1.807, 2.05) is 29.5 Å². The first-order valence-electron chi connectivity index (χ1n) is 12.3. The van der Waals surface area contributed by atoms with E-state index in [-0.39, 0.29) is 5.78 Å². The maximum atomic E-state index is 13.6. The van der Waals surface area contributed by atoms with Crippen LogP contribution in [0, 0.1) is 0 Å². The van der Waals surface area contributed by atoms with Gasteiger partial charge in [-0.05, 0) is 41.5 Å². The highest BCUT2D eigenvalue weighted by Gasteiger charge is 2.34. The minimum absolute atomic E-state index is 0.140. The van der Waals surface area contributed by atoms with Gasteiger partial charge >= 0.3 is 0 Å². The number of thiophene rings is 2. The van der Waals surface area contributed by atoms with E-state index >= 15 is 0 Å². The molecule has 0 saturated heterocycles. The van der Waals surface area contributed by atoms with Crippen molar-refractivity contribution in [3.05, 3.63) is 114 Å². The van der Waals surface area contributed by atoms with E-state index < -0.39 is 0 Å². The molecule has 172 valence electrons. The largest absolute Gasteiger partial charge is 0.301 e. The van der Waals surface area contributed by atoms with Gasteiger partial charge in [0, 0.05) is 52.5 Å². The molecule has 0 radical (unpaired) electrons. The van der Waals surface area contributed by atoms with Gasteiger partial charge in [0.05, 0.1) is 11.0 Å². The molecule has 3 aliphatic carbocycles. The normalized spacial score (nSPS) is 12.9. The molecule has 9 rings (SSSR count). The van der Waals surface area contributed by atoms with Gasteiger partial charge in [-0.25, -0.2) is 0 Å².